The van der Waals surface area contributed by atoms with Crippen LogP contribution in [0.3, 0.4) is 0 Å². The van der Waals surface area contributed by atoms with E-state index in [0.29, 0.717) is 17.2 Å². The summed E-state index contributed by atoms with van der Waals surface area (Å²) in [5, 5.41) is 8.63. The van der Waals surface area contributed by atoms with E-state index in [1.54, 1.807) is 12.1 Å². The Labute approximate surface area is 253 Å². The van der Waals surface area contributed by atoms with Gasteiger partial charge in [-0.15, -0.1) is 16.9 Å². The van der Waals surface area contributed by atoms with Gasteiger partial charge in [-0.3, -0.25) is 14.4 Å². The topological polar surface area (TPSA) is 119 Å². The van der Waals surface area contributed by atoms with Gasteiger partial charge in [-0.25, -0.2) is 17.9 Å². The molecule has 0 radical (unpaired) electrons. The van der Waals surface area contributed by atoms with Gasteiger partial charge in [0.25, 0.3) is 0 Å². The van der Waals surface area contributed by atoms with Crippen molar-refractivity contribution < 1.29 is 46.5 Å². The highest BCUT2D eigenvalue weighted by Gasteiger charge is 2.51. The molecule has 3 aromatic rings. The average molecular weight is 642 g/mol. The highest BCUT2D eigenvalue weighted by molar-refractivity contribution is 7.99. The zero-order valence-electron chi connectivity index (χ0n) is 23.2. The molecule has 0 amide bonds. The van der Waals surface area contributed by atoms with Gasteiger partial charge in [-0.2, -0.15) is 0 Å². The maximum Gasteiger partial charge on any atom is 0.303 e. The molecule has 0 spiro atoms. The summed E-state index contributed by atoms with van der Waals surface area (Å²) in [6, 6.07) is 7.68. The lowest BCUT2D eigenvalue weighted by atomic mass is 9.96. The van der Waals surface area contributed by atoms with Crippen molar-refractivity contribution in [3.8, 4) is 11.3 Å². The van der Waals surface area contributed by atoms with Crippen LogP contribution < -0.4 is 0 Å². The molecule has 5 atom stereocenters. The number of ether oxygens (including phenoxy) is 4. The second-order valence-corrected chi connectivity index (χ2v) is 11.2. The van der Waals surface area contributed by atoms with Crippen molar-refractivity contribution in [3.63, 3.8) is 0 Å². The largest absolute Gasteiger partial charge is 0.463 e. The van der Waals surface area contributed by atoms with E-state index in [9.17, 15) is 27.6 Å². The van der Waals surface area contributed by atoms with Crippen LogP contribution in [0.1, 0.15) is 32.4 Å². The lowest BCUT2D eigenvalue weighted by molar-refractivity contribution is -0.212. The molecule has 1 fully saturated rings. The minimum absolute atomic E-state index is 0.0454. The number of benzene rings is 2. The van der Waals surface area contributed by atoms with E-state index in [1.165, 1.54) is 36.5 Å². The van der Waals surface area contributed by atoms with Crippen LogP contribution in [0.4, 0.5) is 13.2 Å². The summed E-state index contributed by atoms with van der Waals surface area (Å²) in [6.45, 7) is 3.23. The Bertz CT molecular complexity index is 1450. The average Bonchev–Trinajstić information content (AvgIpc) is 3.42. The molecule has 43 heavy (non-hydrogen) atoms. The first-order valence-corrected chi connectivity index (χ1v) is 14.4. The van der Waals surface area contributed by atoms with E-state index < -0.39 is 65.1 Å². The van der Waals surface area contributed by atoms with E-state index in [0.717, 1.165) is 24.6 Å². The van der Waals surface area contributed by atoms with Gasteiger partial charge in [0.05, 0.1) is 6.20 Å². The molecule has 1 aliphatic heterocycles. The molecule has 2 aromatic carbocycles. The molecule has 1 aromatic heterocycles. The Hall–Kier alpha value is -3.62. The Kier molecular flexibility index (Phi) is 10.7. The maximum absolute atomic E-state index is 14.0. The number of halogens is 4. The van der Waals surface area contributed by atoms with Crippen molar-refractivity contribution in [2.24, 2.45) is 0 Å². The van der Waals surface area contributed by atoms with E-state index in [4.69, 9.17) is 30.5 Å². The van der Waals surface area contributed by atoms with Crippen LogP contribution in [-0.4, -0.2) is 69.0 Å². The number of aryl methyl sites for hydroxylation is 1. The Morgan fingerprint density at radius 1 is 0.977 bits per heavy atom. The normalized spacial score (nSPS) is 21.7. The highest BCUT2D eigenvalue weighted by Crippen LogP contribution is 2.39. The van der Waals surface area contributed by atoms with Gasteiger partial charge < -0.3 is 18.9 Å². The minimum atomic E-state index is -1.64. The van der Waals surface area contributed by atoms with Gasteiger partial charge in [0.1, 0.15) is 29.9 Å². The Balaban J connectivity index is 1.72. The monoisotopic (exact) mass is 641 g/mol. The fourth-order valence-corrected chi connectivity index (χ4v) is 5.86. The molecule has 3 unspecified atom stereocenters. The zero-order valence-corrected chi connectivity index (χ0v) is 24.7. The molecule has 1 aliphatic rings. The van der Waals surface area contributed by atoms with Crippen LogP contribution in [0, 0.1) is 17.5 Å². The third-order valence-corrected chi connectivity index (χ3v) is 7.75. The van der Waals surface area contributed by atoms with Crippen LogP contribution in [-0.2, 0) is 39.8 Å². The number of nitrogens with zero attached hydrogens (tertiary/aromatic N) is 3. The Morgan fingerprint density at radius 2 is 1.60 bits per heavy atom. The lowest BCUT2D eigenvalue weighted by Crippen LogP contribution is -2.58. The van der Waals surface area contributed by atoms with E-state index in [1.807, 2.05) is 12.1 Å². The summed E-state index contributed by atoms with van der Waals surface area (Å²) in [7, 11) is 0. The van der Waals surface area contributed by atoms with Crippen LogP contribution in [0.15, 0.2) is 42.6 Å². The second-order valence-electron chi connectivity index (χ2n) is 9.57. The zero-order chi connectivity index (χ0) is 31.3. The summed E-state index contributed by atoms with van der Waals surface area (Å²) in [5.74, 6) is -6.01. The number of esters is 3. The van der Waals surface area contributed by atoms with Crippen LogP contribution >= 0.6 is 23.4 Å². The van der Waals surface area contributed by atoms with Crippen LogP contribution in [0.2, 0.25) is 5.02 Å². The van der Waals surface area contributed by atoms with E-state index >= 15 is 0 Å². The number of aromatic nitrogens is 3. The molecule has 15 heteroatoms. The van der Waals surface area contributed by atoms with Crippen molar-refractivity contribution in [3.05, 3.63) is 70.6 Å². The molecule has 0 N–H and O–H groups in total. The van der Waals surface area contributed by atoms with Crippen molar-refractivity contribution in [2.45, 2.75) is 57.0 Å². The molecule has 0 saturated carbocycles. The minimum Gasteiger partial charge on any atom is -0.463 e. The van der Waals surface area contributed by atoms with Crippen molar-refractivity contribution in [1.82, 2.24) is 15.0 Å². The summed E-state index contributed by atoms with van der Waals surface area (Å²) >= 11 is 7.27. The number of thioether (sulfide) groups is 1. The fourth-order valence-electron chi connectivity index (χ4n) is 4.52. The molecule has 0 bridgehead atoms. The van der Waals surface area contributed by atoms with Gasteiger partial charge in [-0.05, 0) is 42.0 Å². The van der Waals surface area contributed by atoms with Gasteiger partial charge >= 0.3 is 17.9 Å². The third-order valence-electron chi connectivity index (χ3n) is 6.35. The van der Waals surface area contributed by atoms with Crippen molar-refractivity contribution in [2.75, 3.05) is 12.4 Å². The van der Waals surface area contributed by atoms with Gasteiger partial charge in [0.2, 0.25) is 0 Å². The quantitative estimate of drug-likeness (QED) is 0.175. The SMILES string of the molecule is CC(=O)OCC1O[C@H](SCCc2ccc(Cl)cc2)C(OC(C)=O)C(n2cc(-c3cc(F)c(F)c(F)c3)nn2)[C@H]1OC(C)=O. The predicted octanol–water partition coefficient (Wildman–Crippen LogP) is 4.68. The van der Waals surface area contributed by atoms with E-state index in [2.05, 4.69) is 10.3 Å². The predicted molar refractivity (Wildman–Crippen MR) is 148 cm³/mol. The molecule has 230 valence electrons. The summed E-state index contributed by atoms with van der Waals surface area (Å²) in [5.41, 5.74) is -0.0480. The Morgan fingerprint density at radius 3 is 2.21 bits per heavy atom. The molecule has 1 saturated heterocycles. The molecule has 4 rings (SSSR count). The lowest BCUT2D eigenvalue weighted by Gasteiger charge is -2.44. The smallest absolute Gasteiger partial charge is 0.303 e. The molecule has 2 heterocycles. The molecular weight excluding hydrogens is 615 g/mol. The number of carbonyl (C=O) groups is 3. The molecular formula is C28H27ClF3N3O7S. The standard InChI is InChI=1S/C28H27ClF3N3O7S/c1-14(36)39-13-23-26(40-15(2)37)25(35-12-22(33-34-35)18-10-20(30)24(32)21(31)11-18)27(41-16(3)38)28(42-23)43-9-8-17-4-6-19(29)7-5-17/h4-7,10-12,23,25-28H,8-9,13H2,1-3H3/t23?,25?,26-,27?,28+/m0/s1. The van der Waals surface area contributed by atoms with E-state index in [-0.39, 0.29) is 17.9 Å². The maximum atomic E-state index is 14.0. The third kappa shape index (κ3) is 8.27. The first-order valence-electron chi connectivity index (χ1n) is 13.0. The number of carbonyl (C=O) groups excluding carboxylic acids is 3. The number of hydrogen-bond donors (Lipinski definition) is 0. The first kappa shape index (κ1) is 32.3. The summed E-state index contributed by atoms with van der Waals surface area (Å²) < 4.78 is 65.4. The number of hydrogen-bond acceptors (Lipinski definition) is 10. The second kappa shape index (κ2) is 14.2. The van der Waals surface area contributed by atoms with Crippen molar-refractivity contribution >= 4 is 41.3 Å². The first-order chi connectivity index (χ1) is 20.4. The van der Waals surface area contributed by atoms with Gasteiger partial charge in [0, 0.05) is 31.4 Å². The van der Waals surface area contributed by atoms with Crippen molar-refractivity contribution in [1.29, 1.82) is 0 Å². The fraction of sp³-hybridized carbons (Fsp3) is 0.393. The molecule has 0 aliphatic carbocycles. The number of rotatable bonds is 10. The summed E-state index contributed by atoms with van der Waals surface area (Å²) in [6.07, 6.45) is -1.50. The highest BCUT2D eigenvalue weighted by atomic mass is 35.5. The van der Waals surface area contributed by atoms with Crippen LogP contribution in [0.25, 0.3) is 11.3 Å². The molecule has 10 nitrogen and oxygen atoms in total. The summed E-state index contributed by atoms with van der Waals surface area (Å²) in [4.78, 5) is 36.1. The van der Waals surface area contributed by atoms with Gasteiger partial charge in [-0.1, -0.05) is 28.9 Å². The van der Waals surface area contributed by atoms with Crippen LogP contribution in [0.5, 0.6) is 0 Å². The van der Waals surface area contributed by atoms with Gasteiger partial charge in [0.15, 0.2) is 29.7 Å².